The summed E-state index contributed by atoms with van der Waals surface area (Å²) in [5.41, 5.74) is 0.354. The van der Waals surface area contributed by atoms with Crippen LogP contribution in [-0.2, 0) is 16.6 Å². The lowest BCUT2D eigenvalue weighted by molar-refractivity contribution is 0.0822. The van der Waals surface area contributed by atoms with Crippen LogP contribution in [0.5, 0.6) is 0 Å². The van der Waals surface area contributed by atoms with E-state index in [-0.39, 0.29) is 17.7 Å². The van der Waals surface area contributed by atoms with Gasteiger partial charge < -0.3 is 9.47 Å². The minimum Gasteiger partial charge on any atom is -0.343 e. The molecule has 0 radical (unpaired) electrons. The quantitative estimate of drug-likeness (QED) is 0.805. The number of aromatic nitrogens is 2. The Hall–Kier alpha value is -1.41. The molecule has 112 valence electrons. The maximum atomic E-state index is 12.0. The van der Waals surface area contributed by atoms with Crippen molar-refractivity contribution < 1.29 is 13.2 Å². The molecule has 0 N–H and O–H groups in total. The minimum atomic E-state index is -3.26. The molecule has 1 aromatic rings. The fourth-order valence-electron chi connectivity index (χ4n) is 2.35. The maximum Gasteiger partial charge on any atom is 0.273 e. The average molecular weight is 300 g/mol. The monoisotopic (exact) mass is 300 g/mol. The molecule has 0 saturated heterocycles. The molecule has 0 aromatic carbocycles. The van der Waals surface area contributed by atoms with Crippen molar-refractivity contribution in [1.82, 2.24) is 18.8 Å². The van der Waals surface area contributed by atoms with Gasteiger partial charge in [0.05, 0.1) is 11.8 Å². The van der Waals surface area contributed by atoms with E-state index in [1.807, 2.05) is 4.57 Å². The van der Waals surface area contributed by atoms with Gasteiger partial charge in [-0.05, 0) is 13.8 Å². The lowest BCUT2D eigenvalue weighted by Gasteiger charge is -2.32. The molecule has 2 rings (SSSR count). The van der Waals surface area contributed by atoms with E-state index in [2.05, 4.69) is 4.98 Å². The lowest BCUT2D eigenvalue weighted by Crippen LogP contribution is -2.41. The normalized spacial score (nSPS) is 19.7. The van der Waals surface area contributed by atoms with Crippen molar-refractivity contribution >= 4 is 15.9 Å². The van der Waals surface area contributed by atoms with Crippen LogP contribution in [0, 0.1) is 0 Å². The molecule has 0 bridgehead atoms. The molecule has 1 aliphatic heterocycles. The standard InChI is InChI=1S/C12H20N4O3S/c1-5-20(18,19)16-7-6-15-8-10(12(17)14(3)4)13-11(15)9(16)2/h8-9H,5-7H2,1-4H3. The van der Waals surface area contributed by atoms with Crippen LogP contribution in [0.3, 0.4) is 0 Å². The molecular formula is C12H20N4O3S. The molecule has 1 atom stereocenters. The highest BCUT2D eigenvalue weighted by Crippen LogP contribution is 2.27. The van der Waals surface area contributed by atoms with E-state index in [1.165, 1.54) is 9.21 Å². The van der Waals surface area contributed by atoms with Crippen molar-refractivity contribution in [1.29, 1.82) is 0 Å². The molecule has 1 aliphatic rings. The number of imidazole rings is 1. The Morgan fingerprint density at radius 3 is 2.65 bits per heavy atom. The van der Waals surface area contributed by atoms with Crippen LogP contribution < -0.4 is 0 Å². The van der Waals surface area contributed by atoms with Crippen LogP contribution in [0.2, 0.25) is 0 Å². The summed E-state index contributed by atoms with van der Waals surface area (Å²) in [4.78, 5) is 17.7. The molecule has 0 aliphatic carbocycles. The van der Waals surface area contributed by atoms with Gasteiger partial charge in [-0.25, -0.2) is 13.4 Å². The summed E-state index contributed by atoms with van der Waals surface area (Å²) in [7, 11) is 0.0734. The molecular weight excluding hydrogens is 280 g/mol. The third kappa shape index (κ3) is 2.45. The van der Waals surface area contributed by atoms with Gasteiger partial charge in [0.1, 0.15) is 11.5 Å². The number of hydrogen-bond acceptors (Lipinski definition) is 4. The van der Waals surface area contributed by atoms with Crippen molar-refractivity contribution in [3.05, 3.63) is 17.7 Å². The highest BCUT2D eigenvalue weighted by atomic mass is 32.2. The number of amides is 1. The van der Waals surface area contributed by atoms with Crippen molar-refractivity contribution in [2.45, 2.75) is 26.4 Å². The highest BCUT2D eigenvalue weighted by molar-refractivity contribution is 7.89. The zero-order valence-corrected chi connectivity index (χ0v) is 13.0. The van der Waals surface area contributed by atoms with Gasteiger partial charge in [0.25, 0.3) is 5.91 Å². The third-order valence-corrected chi connectivity index (χ3v) is 5.46. The Bertz CT molecular complexity index is 621. The van der Waals surface area contributed by atoms with Gasteiger partial charge in [0.2, 0.25) is 10.0 Å². The van der Waals surface area contributed by atoms with Gasteiger partial charge in [-0.2, -0.15) is 4.31 Å². The van der Waals surface area contributed by atoms with E-state index in [1.54, 1.807) is 34.1 Å². The third-order valence-electron chi connectivity index (χ3n) is 3.52. The van der Waals surface area contributed by atoms with Crippen LogP contribution in [-0.4, -0.2) is 59.5 Å². The minimum absolute atomic E-state index is 0.0710. The summed E-state index contributed by atoms with van der Waals surface area (Å²) in [5, 5.41) is 0. The molecule has 1 aromatic heterocycles. The first-order chi connectivity index (χ1) is 9.27. The smallest absolute Gasteiger partial charge is 0.273 e. The van der Waals surface area contributed by atoms with Crippen molar-refractivity contribution in [2.24, 2.45) is 0 Å². The van der Waals surface area contributed by atoms with Crippen LogP contribution in [0.15, 0.2) is 6.20 Å². The number of carbonyl (C=O) groups excluding carboxylic acids is 1. The predicted octanol–water partition coefficient (Wildman–Crippen LogP) is 0.311. The first kappa shape index (κ1) is 15.0. The summed E-state index contributed by atoms with van der Waals surface area (Å²) < 4.78 is 27.4. The Labute approximate surface area is 119 Å². The molecule has 8 heteroatoms. The second kappa shape index (κ2) is 5.17. The largest absolute Gasteiger partial charge is 0.343 e. The molecule has 0 saturated carbocycles. The van der Waals surface area contributed by atoms with E-state index in [4.69, 9.17) is 0 Å². The summed E-state index contributed by atoms with van der Waals surface area (Å²) in [6.07, 6.45) is 1.70. The SMILES string of the molecule is CCS(=O)(=O)N1CCn2cc(C(=O)N(C)C)nc2C1C. The molecule has 20 heavy (non-hydrogen) atoms. The molecule has 0 fully saturated rings. The van der Waals surface area contributed by atoms with Gasteiger partial charge >= 0.3 is 0 Å². The second-order valence-electron chi connectivity index (χ2n) is 5.06. The molecule has 7 nitrogen and oxygen atoms in total. The topological polar surface area (TPSA) is 75.5 Å². The van der Waals surface area contributed by atoms with E-state index >= 15 is 0 Å². The number of fused-ring (bicyclic) bond motifs is 1. The van der Waals surface area contributed by atoms with Crippen molar-refractivity contribution in [3.63, 3.8) is 0 Å². The van der Waals surface area contributed by atoms with E-state index < -0.39 is 10.0 Å². The first-order valence-electron chi connectivity index (χ1n) is 6.56. The molecule has 2 heterocycles. The van der Waals surface area contributed by atoms with Crippen molar-refractivity contribution in [2.75, 3.05) is 26.4 Å². The van der Waals surface area contributed by atoms with E-state index in [0.29, 0.717) is 24.6 Å². The highest BCUT2D eigenvalue weighted by Gasteiger charge is 2.34. The van der Waals surface area contributed by atoms with Crippen LogP contribution in [0.4, 0.5) is 0 Å². The van der Waals surface area contributed by atoms with Gasteiger partial charge in [-0.3, -0.25) is 4.79 Å². The number of hydrogen-bond donors (Lipinski definition) is 0. The van der Waals surface area contributed by atoms with Gasteiger partial charge in [-0.1, -0.05) is 0 Å². The summed E-state index contributed by atoms with van der Waals surface area (Å²) in [6, 6.07) is -0.350. The number of sulfonamides is 1. The zero-order valence-electron chi connectivity index (χ0n) is 12.2. The summed E-state index contributed by atoms with van der Waals surface area (Å²) in [6.45, 7) is 4.36. The van der Waals surface area contributed by atoms with E-state index in [9.17, 15) is 13.2 Å². The van der Waals surface area contributed by atoms with Gasteiger partial charge in [-0.15, -0.1) is 0 Å². The van der Waals surface area contributed by atoms with Crippen LogP contribution >= 0.6 is 0 Å². The Kier molecular flexibility index (Phi) is 3.88. The summed E-state index contributed by atoms with van der Waals surface area (Å²) in [5.74, 6) is 0.518. The van der Waals surface area contributed by atoms with E-state index in [0.717, 1.165) is 0 Å². The fourth-order valence-corrected chi connectivity index (χ4v) is 3.62. The summed E-state index contributed by atoms with van der Waals surface area (Å²) >= 11 is 0. The Morgan fingerprint density at radius 1 is 1.45 bits per heavy atom. The Morgan fingerprint density at radius 2 is 2.10 bits per heavy atom. The van der Waals surface area contributed by atoms with Gasteiger partial charge in [0.15, 0.2) is 0 Å². The fraction of sp³-hybridized carbons (Fsp3) is 0.667. The number of rotatable bonds is 3. The molecule has 0 spiro atoms. The number of nitrogens with zero attached hydrogens (tertiary/aromatic N) is 4. The Balaban J connectivity index is 2.36. The van der Waals surface area contributed by atoms with Gasteiger partial charge in [0, 0.05) is 33.4 Å². The van der Waals surface area contributed by atoms with Crippen molar-refractivity contribution in [3.8, 4) is 0 Å². The first-order valence-corrected chi connectivity index (χ1v) is 8.17. The zero-order chi connectivity index (χ0) is 15.1. The van der Waals surface area contributed by atoms with Crippen LogP contribution in [0.1, 0.15) is 36.2 Å². The molecule has 1 amide bonds. The number of carbonyl (C=O) groups is 1. The maximum absolute atomic E-state index is 12.0. The van der Waals surface area contributed by atoms with Crippen LogP contribution in [0.25, 0.3) is 0 Å². The average Bonchev–Trinajstić information content (AvgIpc) is 2.82. The predicted molar refractivity (Wildman–Crippen MR) is 74.8 cm³/mol. The second-order valence-corrected chi connectivity index (χ2v) is 7.27. The lowest BCUT2D eigenvalue weighted by atomic mass is 10.2. The molecule has 1 unspecified atom stereocenters.